The van der Waals surface area contributed by atoms with Gasteiger partial charge in [0, 0.05) is 36.6 Å². The molecule has 1 aliphatic heterocycles. The number of nitrogens with zero attached hydrogens (tertiary/aromatic N) is 1. The molecular formula is C31H31N3O6S. The number of hydrogen-bond acceptors (Lipinski definition) is 8. The summed E-state index contributed by atoms with van der Waals surface area (Å²) in [7, 11) is -2.58. The number of carbonyl (C=O) groups excluding carboxylic acids is 1. The van der Waals surface area contributed by atoms with Crippen LogP contribution in [0.25, 0.3) is 11.1 Å². The van der Waals surface area contributed by atoms with Crippen LogP contribution in [0, 0.1) is 0 Å². The van der Waals surface area contributed by atoms with Crippen LogP contribution in [-0.4, -0.2) is 50.7 Å². The number of pyridine rings is 1. The summed E-state index contributed by atoms with van der Waals surface area (Å²) in [6.07, 6.45) is 4.26. The van der Waals surface area contributed by atoms with Crippen LogP contribution in [0.2, 0.25) is 0 Å². The van der Waals surface area contributed by atoms with Crippen LogP contribution in [0.5, 0.6) is 11.5 Å². The van der Waals surface area contributed by atoms with Gasteiger partial charge in [-0.15, -0.1) is 0 Å². The third kappa shape index (κ3) is 6.91. The largest absolute Gasteiger partial charge is 0.497 e. The number of aliphatic hydroxyl groups is 1. The number of sulfonamides is 1. The molecule has 0 aliphatic carbocycles. The third-order valence-electron chi connectivity index (χ3n) is 6.93. The lowest BCUT2D eigenvalue weighted by Crippen LogP contribution is -2.36. The minimum atomic E-state index is -4.10. The monoisotopic (exact) mass is 573 g/mol. The molecule has 0 radical (unpaired) electrons. The van der Waals surface area contributed by atoms with Gasteiger partial charge in [0.25, 0.3) is 15.9 Å². The lowest BCUT2D eigenvalue weighted by Gasteiger charge is -2.27. The van der Waals surface area contributed by atoms with Crippen molar-refractivity contribution < 1.29 is 27.8 Å². The van der Waals surface area contributed by atoms with Crippen LogP contribution in [0.3, 0.4) is 0 Å². The zero-order valence-corrected chi connectivity index (χ0v) is 23.3. The van der Waals surface area contributed by atoms with Crippen molar-refractivity contribution in [1.29, 1.82) is 0 Å². The Labute approximate surface area is 239 Å². The highest BCUT2D eigenvalue weighted by atomic mass is 32.2. The van der Waals surface area contributed by atoms with Gasteiger partial charge in [-0.1, -0.05) is 24.3 Å². The molecule has 0 bridgehead atoms. The maximum Gasteiger partial charge on any atom is 0.265 e. The molecule has 4 aromatic rings. The zero-order chi connectivity index (χ0) is 28.8. The molecule has 1 aromatic heterocycles. The van der Waals surface area contributed by atoms with E-state index in [-0.39, 0.29) is 16.6 Å². The van der Waals surface area contributed by atoms with E-state index < -0.39 is 22.0 Å². The van der Waals surface area contributed by atoms with E-state index in [4.69, 9.17) is 9.47 Å². The van der Waals surface area contributed by atoms with Gasteiger partial charge < -0.3 is 19.9 Å². The second-order valence-corrected chi connectivity index (χ2v) is 11.4. The Morgan fingerprint density at radius 2 is 1.88 bits per heavy atom. The maximum absolute atomic E-state index is 13.0. The van der Waals surface area contributed by atoms with Crippen LogP contribution >= 0.6 is 0 Å². The number of aryl methyl sites for hydroxylation is 1. The molecule has 9 nitrogen and oxygen atoms in total. The topological polar surface area (TPSA) is 127 Å². The quantitative estimate of drug-likeness (QED) is 0.261. The van der Waals surface area contributed by atoms with E-state index >= 15 is 0 Å². The third-order valence-corrected chi connectivity index (χ3v) is 8.25. The molecule has 0 saturated carbocycles. The van der Waals surface area contributed by atoms with Crippen molar-refractivity contribution in [3.63, 3.8) is 0 Å². The minimum absolute atomic E-state index is 0.00885. The van der Waals surface area contributed by atoms with E-state index in [0.29, 0.717) is 24.4 Å². The zero-order valence-electron chi connectivity index (χ0n) is 22.5. The van der Waals surface area contributed by atoms with Crippen molar-refractivity contribution >= 4 is 15.9 Å². The van der Waals surface area contributed by atoms with Crippen LogP contribution in [0.1, 0.15) is 34.0 Å². The van der Waals surface area contributed by atoms with E-state index in [1.165, 1.54) is 25.3 Å². The summed E-state index contributed by atoms with van der Waals surface area (Å²) in [6.45, 7) is 0.998. The SMILES string of the molecule is COc1ccc(C(=O)NS(=O)(=O)c2cccc(-c3ccc4c(c3)CCC(CNC[C@H](O)c3cccnc3)O4)c2)cc1. The van der Waals surface area contributed by atoms with Gasteiger partial charge >= 0.3 is 0 Å². The summed E-state index contributed by atoms with van der Waals surface area (Å²) in [4.78, 5) is 16.6. The standard InChI is InChI=1S/C31H31N3O6S/c1-39-26-11-7-21(8-12-26)31(36)34-41(37,38)28-6-2-4-22(17-28)23-10-14-30-24(16-23)9-13-27(40-30)19-33-20-29(35)25-5-3-15-32-18-25/h2-8,10-12,14-18,27,29,33,35H,9,13,19-20H2,1H3,(H,34,36)/t27?,29-/m0/s1. The number of carbonyl (C=O) groups is 1. The molecule has 3 N–H and O–H groups in total. The summed E-state index contributed by atoms with van der Waals surface area (Å²) in [5.41, 5.74) is 3.57. The van der Waals surface area contributed by atoms with E-state index in [1.807, 2.05) is 30.3 Å². The number of aliphatic hydroxyl groups excluding tert-OH is 1. The Bertz CT molecular complexity index is 1610. The predicted molar refractivity (Wildman–Crippen MR) is 154 cm³/mol. The molecule has 3 aromatic carbocycles. The highest BCUT2D eigenvalue weighted by Crippen LogP contribution is 2.32. The van der Waals surface area contributed by atoms with E-state index in [2.05, 4.69) is 15.0 Å². The number of methoxy groups -OCH3 is 1. The summed E-state index contributed by atoms with van der Waals surface area (Å²) in [5, 5.41) is 13.6. The van der Waals surface area contributed by atoms with Crippen LogP contribution in [0.15, 0.2) is 96.2 Å². The Morgan fingerprint density at radius 1 is 1.07 bits per heavy atom. The Hall–Kier alpha value is -4.25. The lowest BCUT2D eigenvalue weighted by molar-refractivity contribution is 0.0981. The van der Waals surface area contributed by atoms with Gasteiger partial charge in [0.05, 0.1) is 18.1 Å². The smallest absolute Gasteiger partial charge is 0.265 e. The first-order chi connectivity index (χ1) is 19.8. The molecule has 41 heavy (non-hydrogen) atoms. The number of ether oxygens (including phenoxy) is 2. The number of fused-ring (bicyclic) bond motifs is 1. The van der Waals surface area contributed by atoms with Gasteiger partial charge in [-0.2, -0.15) is 0 Å². The first kappa shape index (κ1) is 28.3. The minimum Gasteiger partial charge on any atom is -0.497 e. The van der Waals surface area contributed by atoms with E-state index in [1.54, 1.807) is 42.7 Å². The summed E-state index contributed by atoms with van der Waals surface area (Å²) >= 11 is 0. The number of aromatic nitrogens is 1. The normalized spacial score (nSPS) is 15.3. The molecule has 1 amide bonds. The first-order valence-corrected chi connectivity index (χ1v) is 14.7. The van der Waals surface area contributed by atoms with Gasteiger partial charge in [-0.3, -0.25) is 9.78 Å². The summed E-state index contributed by atoms with van der Waals surface area (Å²) < 4.78 is 39.4. The van der Waals surface area contributed by atoms with Crippen molar-refractivity contribution in [2.45, 2.75) is 29.9 Å². The van der Waals surface area contributed by atoms with Crippen molar-refractivity contribution in [2.75, 3.05) is 20.2 Å². The van der Waals surface area contributed by atoms with Gasteiger partial charge in [0.15, 0.2) is 0 Å². The highest BCUT2D eigenvalue weighted by Gasteiger charge is 2.22. The number of hydrogen-bond donors (Lipinski definition) is 3. The molecule has 1 unspecified atom stereocenters. The first-order valence-electron chi connectivity index (χ1n) is 13.2. The summed E-state index contributed by atoms with van der Waals surface area (Å²) in [6, 6.07) is 22.1. The maximum atomic E-state index is 13.0. The van der Waals surface area contributed by atoms with Gasteiger partial charge in [0.1, 0.15) is 17.6 Å². The predicted octanol–water partition coefficient (Wildman–Crippen LogP) is 3.89. The molecule has 212 valence electrons. The van der Waals surface area contributed by atoms with Gasteiger partial charge in [0.2, 0.25) is 0 Å². The summed E-state index contributed by atoms with van der Waals surface area (Å²) in [5.74, 6) is 0.631. The average molecular weight is 574 g/mol. The van der Waals surface area contributed by atoms with Crippen molar-refractivity contribution in [1.82, 2.24) is 15.0 Å². The highest BCUT2D eigenvalue weighted by molar-refractivity contribution is 7.90. The van der Waals surface area contributed by atoms with Crippen molar-refractivity contribution in [2.24, 2.45) is 0 Å². The molecule has 0 saturated heterocycles. The fourth-order valence-corrected chi connectivity index (χ4v) is 5.68. The average Bonchev–Trinajstić information content (AvgIpc) is 3.01. The van der Waals surface area contributed by atoms with Gasteiger partial charge in [-0.05, 0) is 84.1 Å². The van der Waals surface area contributed by atoms with Gasteiger partial charge in [-0.25, -0.2) is 13.1 Å². The number of nitrogens with one attached hydrogen (secondary N) is 2. The number of amides is 1. The fourth-order valence-electron chi connectivity index (χ4n) is 4.67. The van der Waals surface area contributed by atoms with Crippen LogP contribution < -0.4 is 19.5 Å². The number of benzene rings is 3. The molecule has 2 heterocycles. The van der Waals surface area contributed by atoms with Crippen LogP contribution in [-0.2, 0) is 16.4 Å². The lowest BCUT2D eigenvalue weighted by atomic mass is 9.97. The Kier molecular flexibility index (Phi) is 8.63. The molecular weight excluding hydrogens is 542 g/mol. The van der Waals surface area contributed by atoms with Crippen molar-refractivity contribution in [3.05, 3.63) is 108 Å². The second kappa shape index (κ2) is 12.5. The van der Waals surface area contributed by atoms with E-state index in [9.17, 15) is 18.3 Å². The Balaban J connectivity index is 1.21. The second-order valence-electron chi connectivity index (χ2n) is 9.75. The molecule has 5 rings (SSSR count). The molecule has 10 heteroatoms. The number of rotatable bonds is 10. The van der Waals surface area contributed by atoms with Crippen LogP contribution in [0.4, 0.5) is 0 Å². The molecule has 2 atom stereocenters. The fraction of sp³-hybridized carbons (Fsp3) is 0.226. The molecule has 0 fully saturated rings. The Morgan fingerprint density at radius 3 is 2.63 bits per heavy atom. The van der Waals surface area contributed by atoms with E-state index in [0.717, 1.165) is 35.3 Å². The molecule has 0 spiro atoms. The molecule has 1 aliphatic rings. The van der Waals surface area contributed by atoms with Crippen molar-refractivity contribution in [3.8, 4) is 22.6 Å².